The van der Waals surface area contributed by atoms with Crippen molar-refractivity contribution in [1.82, 2.24) is 10.3 Å². The summed E-state index contributed by atoms with van der Waals surface area (Å²) in [4.78, 5) is 5.80. The number of benzene rings is 1. The Hall–Kier alpha value is -0.780. The molecule has 0 amide bonds. The van der Waals surface area contributed by atoms with Crippen LogP contribution in [0.25, 0.3) is 10.6 Å². The third-order valence-electron chi connectivity index (χ3n) is 2.98. The van der Waals surface area contributed by atoms with E-state index in [4.69, 9.17) is 0 Å². The van der Waals surface area contributed by atoms with Crippen molar-refractivity contribution in [3.63, 3.8) is 0 Å². The normalized spacial score (nSPS) is 11.0. The molecule has 1 aromatic carbocycles. The molecule has 1 heterocycles. The number of thiazole rings is 1. The van der Waals surface area contributed by atoms with E-state index in [1.165, 1.54) is 10.9 Å². The highest BCUT2D eigenvalue weighted by Crippen LogP contribution is 2.32. The predicted molar refractivity (Wildman–Crippen MR) is 86.6 cm³/mol. The van der Waals surface area contributed by atoms with Crippen molar-refractivity contribution in [1.29, 1.82) is 0 Å². The van der Waals surface area contributed by atoms with Crippen LogP contribution in [0.1, 0.15) is 30.8 Å². The Labute approximate surface area is 131 Å². The number of halogens is 2. The number of nitrogens with zero attached hydrogens (tertiary/aromatic N) is 1. The van der Waals surface area contributed by atoms with Gasteiger partial charge in [0, 0.05) is 21.5 Å². The quantitative estimate of drug-likeness (QED) is 0.753. The van der Waals surface area contributed by atoms with Crippen LogP contribution in [0.5, 0.6) is 0 Å². The Morgan fingerprint density at radius 2 is 2.15 bits per heavy atom. The fraction of sp³-hybridized carbons (Fsp3) is 0.400. The van der Waals surface area contributed by atoms with Crippen LogP contribution in [0.15, 0.2) is 22.7 Å². The maximum Gasteiger partial charge on any atom is 0.133 e. The smallest absolute Gasteiger partial charge is 0.133 e. The zero-order valence-electron chi connectivity index (χ0n) is 11.7. The molecule has 0 atom stereocenters. The van der Waals surface area contributed by atoms with Gasteiger partial charge in [0.05, 0.1) is 5.69 Å². The van der Waals surface area contributed by atoms with E-state index in [1.54, 1.807) is 23.5 Å². The summed E-state index contributed by atoms with van der Waals surface area (Å²) in [5.41, 5.74) is 1.63. The summed E-state index contributed by atoms with van der Waals surface area (Å²) in [5, 5.41) is 4.14. The van der Waals surface area contributed by atoms with Gasteiger partial charge in [-0.15, -0.1) is 11.3 Å². The van der Waals surface area contributed by atoms with E-state index in [1.807, 2.05) is 0 Å². The Morgan fingerprint density at radius 1 is 1.35 bits per heavy atom. The molecule has 0 bridgehead atoms. The van der Waals surface area contributed by atoms with Gasteiger partial charge in [-0.2, -0.15) is 0 Å². The van der Waals surface area contributed by atoms with Crippen LogP contribution < -0.4 is 5.32 Å². The van der Waals surface area contributed by atoms with Crippen molar-refractivity contribution in [2.75, 3.05) is 6.54 Å². The van der Waals surface area contributed by atoms with Crippen molar-refractivity contribution in [3.8, 4) is 10.6 Å². The minimum atomic E-state index is -0.224. The number of hydrogen-bond donors (Lipinski definition) is 1. The highest BCUT2D eigenvalue weighted by Gasteiger charge is 2.14. The fourth-order valence-electron chi connectivity index (χ4n) is 1.95. The van der Waals surface area contributed by atoms with Crippen molar-refractivity contribution >= 4 is 27.3 Å². The molecule has 0 aliphatic carbocycles. The molecule has 108 valence electrons. The van der Waals surface area contributed by atoms with Crippen LogP contribution >= 0.6 is 27.3 Å². The van der Waals surface area contributed by atoms with Crippen LogP contribution in [0.4, 0.5) is 4.39 Å². The van der Waals surface area contributed by atoms with Gasteiger partial charge in [-0.1, -0.05) is 29.8 Å². The Kier molecular flexibility index (Phi) is 5.69. The molecular formula is C15H18BrFN2S. The van der Waals surface area contributed by atoms with E-state index in [-0.39, 0.29) is 5.82 Å². The highest BCUT2D eigenvalue weighted by atomic mass is 79.9. The van der Waals surface area contributed by atoms with Crippen LogP contribution in [-0.2, 0) is 13.0 Å². The Bertz CT molecular complexity index is 583. The van der Waals surface area contributed by atoms with Gasteiger partial charge in [-0.25, -0.2) is 9.37 Å². The number of rotatable bonds is 6. The van der Waals surface area contributed by atoms with Crippen LogP contribution in [0.2, 0.25) is 0 Å². The van der Waals surface area contributed by atoms with E-state index in [9.17, 15) is 4.39 Å². The maximum absolute atomic E-state index is 13.9. The molecule has 2 aromatic rings. The second kappa shape index (κ2) is 7.29. The molecule has 0 unspecified atom stereocenters. The molecule has 0 aliphatic heterocycles. The van der Waals surface area contributed by atoms with Gasteiger partial charge in [0.2, 0.25) is 0 Å². The lowest BCUT2D eigenvalue weighted by Crippen LogP contribution is -2.13. The van der Waals surface area contributed by atoms with Gasteiger partial charge in [0.15, 0.2) is 0 Å². The van der Waals surface area contributed by atoms with Gasteiger partial charge < -0.3 is 5.32 Å². The second-order valence-electron chi connectivity index (χ2n) is 4.54. The molecule has 0 saturated heterocycles. The first-order valence-electron chi connectivity index (χ1n) is 6.80. The summed E-state index contributed by atoms with van der Waals surface area (Å²) < 4.78 is 14.8. The van der Waals surface area contributed by atoms with Gasteiger partial charge in [0.1, 0.15) is 10.8 Å². The van der Waals surface area contributed by atoms with E-state index in [0.717, 1.165) is 41.1 Å². The van der Waals surface area contributed by atoms with Gasteiger partial charge in [-0.3, -0.25) is 0 Å². The lowest BCUT2D eigenvalue weighted by molar-refractivity contribution is 0.631. The predicted octanol–water partition coefficient (Wildman–Crippen LogP) is 4.77. The second-order valence-corrected chi connectivity index (χ2v) is 6.54. The number of nitrogens with one attached hydrogen (secondary N) is 1. The van der Waals surface area contributed by atoms with Crippen LogP contribution in [0.3, 0.4) is 0 Å². The lowest BCUT2D eigenvalue weighted by Gasteiger charge is -2.01. The van der Waals surface area contributed by atoms with E-state index >= 15 is 0 Å². The Morgan fingerprint density at radius 3 is 2.85 bits per heavy atom. The van der Waals surface area contributed by atoms with E-state index in [2.05, 4.69) is 40.1 Å². The molecule has 1 N–H and O–H groups in total. The van der Waals surface area contributed by atoms with E-state index in [0.29, 0.717) is 5.56 Å². The lowest BCUT2D eigenvalue weighted by atomic mass is 10.2. The average molecular weight is 357 g/mol. The van der Waals surface area contributed by atoms with Crippen molar-refractivity contribution < 1.29 is 4.39 Å². The fourth-order valence-corrected chi connectivity index (χ4v) is 3.45. The molecule has 0 fully saturated rings. The standard InChI is InChI=1S/C15H18BrFN2S/c1-3-7-18-9-14-13(4-2)19-15(20-14)11-8-10(16)5-6-12(11)17/h5-6,8,18H,3-4,7,9H2,1-2H3. The number of aryl methyl sites for hydroxylation is 1. The zero-order chi connectivity index (χ0) is 14.5. The summed E-state index contributed by atoms with van der Waals surface area (Å²) in [6, 6.07) is 4.97. The van der Waals surface area contributed by atoms with Crippen molar-refractivity contribution in [2.45, 2.75) is 33.2 Å². The largest absolute Gasteiger partial charge is 0.312 e. The first-order valence-corrected chi connectivity index (χ1v) is 8.41. The SMILES string of the molecule is CCCNCc1sc(-c2cc(Br)ccc2F)nc1CC. The van der Waals surface area contributed by atoms with Gasteiger partial charge in [0.25, 0.3) is 0 Å². The van der Waals surface area contributed by atoms with Gasteiger partial charge >= 0.3 is 0 Å². The average Bonchev–Trinajstić information content (AvgIpc) is 2.85. The molecule has 1 aromatic heterocycles. The van der Waals surface area contributed by atoms with Crippen molar-refractivity contribution in [2.24, 2.45) is 0 Å². The van der Waals surface area contributed by atoms with Gasteiger partial charge in [-0.05, 0) is 37.6 Å². The number of aromatic nitrogens is 1. The molecular weight excluding hydrogens is 339 g/mol. The first-order chi connectivity index (χ1) is 9.65. The summed E-state index contributed by atoms with van der Waals surface area (Å²) in [5.74, 6) is -0.224. The van der Waals surface area contributed by atoms with E-state index < -0.39 is 0 Å². The summed E-state index contributed by atoms with van der Waals surface area (Å²) in [6.45, 7) is 6.02. The summed E-state index contributed by atoms with van der Waals surface area (Å²) in [6.07, 6.45) is 1.97. The third kappa shape index (κ3) is 3.65. The molecule has 2 rings (SSSR count). The third-order valence-corrected chi connectivity index (χ3v) is 4.61. The molecule has 5 heteroatoms. The Balaban J connectivity index is 2.30. The molecule has 0 saturated carbocycles. The zero-order valence-corrected chi connectivity index (χ0v) is 14.1. The molecule has 0 radical (unpaired) electrons. The summed E-state index contributed by atoms with van der Waals surface area (Å²) in [7, 11) is 0. The topological polar surface area (TPSA) is 24.9 Å². The van der Waals surface area contributed by atoms with Crippen LogP contribution in [0, 0.1) is 5.82 Å². The van der Waals surface area contributed by atoms with Crippen molar-refractivity contribution in [3.05, 3.63) is 39.1 Å². The minimum Gasteiger partial charge on any atom is -0.312 e. The molecule has 0 spiro atoms. The molecule has 0 aliphatic rings. The summed E-state index contributed by atoms with van der Waals surface area (Å²) >= 11 is 4.96. The van der Waals surface area contributed by atoms with Crippen LogP contribution in [-0.4, -0.2) is 11.5 Å². The minimum absolute atomic E-state index is 0.224. The monoisotopic (exact) mass is 356 g/mol. The highest BCUT2D eigenvalue weighted by molar-refractivity contribution is 9.10. The maximum atomic E-state index is 13.9. The number of hydrogen-bond acceptors (Lipinski definition) is 3. The molecule has 20 heavy (non-hydrogen) atoms. The molecule has 2 nitrogen and oxygen atoms in total. The first kappa shape index (κ1) is 15.6.